The zero-order valence-corrected chi connectivity index (χ0v) is 35.1. The molecule has 0 aliphatic rings. The second kappa shape index (κ2) is 40.2. The second-order valence-electron chi connectivity index (χ2n) is 14.7. The summed E-state index contributed by atoms with van der Waals surface area (Å²) in [6, 6.07) is 0. The number of allylic oxidation sites excluding steroid dienone is 4. The Balaban J connectivity index is 3.57. The van der Waals surface area contributed by atoms with Crippen molar-refractivity contribution in [2.45, 2.75) is 213 Å². The van der Waals surface area contributed by atoms with E-state index in [4.69, 9.17) is 13.8 Å². The first-order valence-electron chi connectivity index (χ1n) is 21.8. The van der Waals surface area contributed by atoms with Crippen LogP contribution in [0.1, 0.15) is 206 Å². The molecule has 0 bridgehead atoms. The lowest BCUT2D eigenvalue weighted by molar-refractivity contribution is -0.147. The number of aliphatic hydroxyl groups excluding tert-OH is 1. The Morgan fingerprint density at radius 3 is 1.58 bits per heavy atom. The minimum absolute atomic E-state index is 0.0834. The quantitative estimate of drug-likeness (QED) is 0.0242. The van der Waals surface area contributed by atoms with Gasteiger partial charge in [-0.1, -0.05) is 179 Å². The van der Waals surface area contributed by atoms with Gasteiger partial charge < -0.3 is 20.1 Å². The third-order valence-corrected chi connectivity index (χ3v) is 10.3. The Labute approximate surface area is 325 Å². The SMILES string of the molecule is CCC/C=C\C/C=C\CCCCCCCC(=O)OCC(O)COP(=O)(O)OCCNC(=O)CCCCCCCCCCCCCCCCCCCCC. The zero-order chi connectivity index (χ0) is 38.9. The van der Waals surface area contributed by atoms with Crippen LogP contribution in [0.15, 0.2) is 24.3 Å². The average Bonchev–Trinajstić information content (AvgIpc) is 3.14. The molecule has 0 aromatic rings. The molecule has 312 valence electrons. The van der Waals surface area contributed by atoms with E-state index >= 15 is 0 Å². The number of carbonyl (C=O) groups excluding carboxylic acids is 2. The van der Waals surface area contributed by atoms with E-state index in [0.717, 1.165) is 70.6 Å². The molecule has 0 fully saturated rings. The molecular weight excluding hydrogens is 689 g/mol. The number of carbonyl (C=O) groups is 2. The van der Waals surface area contributed by atoms with Crippen LogP contribution in [-0.4, -0.2) is 54.3 Å². The van der Waals surface area contributed by atoms with Gasteiger partial charge in [0.25, 0.3) is 0 Å². The summed E-state index contributed by atoms with van der Waals surface area (Å²) in [7, 11) is -4.41. The Morgan fingerprint density at radius 1 is 0.585 bits per heavy atom. The van der Waals surface area contributed by atoms with Gasteiger partial charge in [-0.05, 0) is 38.5 Å². The van der Waals surface area contributed by atoms with Crippen LogP contribution in [0.4, 0.5) is 0 Å². The van der Waals surface area contributed by atoms with Gasteiger partial charge in [0.15, 0.2) is 0 Å². The highest BCUT2D eigenvalue weighted by Gasteiger charge is 2.23. The minimum atomic E-state index is -4.41. The van der Waals surface area contributed by atoms with Crippen molar-refractivity contribution in [3.63, 3.8) is 0 Å². The molecule has 9 nitrogen and oxygen atoms in total. The molecule has 0 radical (unpaired) electrons. The maximum atomic E-state index is 12.1. The summed E-state index contributed by atoms with van der Waals surface area (Å²) in [4.78, 5) is 33.9. The van der Waals surface area contributed by atoms with Gasteiger partial charge in [-0.15, -0.1) is 0 Å². The average molecular weight is 772 g/mol. The Hall–Kier alpha value is -1.51. The molecule has 10 heteroatoms. The van der Waals surface area contributed by atoms with E-state index in [-0.39, 0.29) is 32.1 Å². The van der Waals surface area contributed by atoms with Gasteiger partial charge in [0.2, 0.25) is 5.91 Å². The normalized spacial score (nSPS) is 13.5. The highest BCUT2D eigenvalue weighted by molar-refractivity contribution is 7.47. The van der Waals surface area contributed by atoms with E-state index in [1.54, 1.807) is 0 Å². The molecule has 3 N–H and O–H groups in total. The molecule has 0 rings (SSSR count). The van der Waals surface area contributed by atoms with Gasteiger partial charge >= 0.3 is 13.8 Å². The molecule has 1 amide bonds. The van der Waals surface area contributed by atoms with Gasteiger partial charge in [0.05, 0.1) is 13.2 Å². The van der Waals surface area contributed by atoms with Crippen molar-refractivity contribution >= 4 is 19.7 Å². The number of phosphoric acid groups is 1. The van der Waals surface area contributed by atoms with E-state index < -0.39 is 26.5 Å². The third-order valence-electron chi connectivity index (χ3n) is 9.37. The van der Waals surface area contributed by atoms with E-state index in [1.807, 2.05) is 0 Å². The van der Waals surface area contributed by atoms with Crippen molar-refractivity contribution in [1.82, 2.24) is 5.32 Å². The van der Waals surface area contributed by atoms with Crippen molar-refractivity contribution in [3.8, 4) is 0 Å². The topological polar surface area (TPSA) is 131 Å². The molecule has 53 heavy (non-hydrogen) atoms. The summed E-state index contributed by atoms with van der Waals surface area (Å²) < 4.78 is 26.8. The standard InChI is InChI=1S/C43H82NO8P/c1-3-5-7-9-11-13-15-17-18-19-20-21-22-24-25-27-29-31-33-35-42(46)44-37-38-51-53(48,49)52-40-41(45)39-50-43(47)36-34-32-30-28-26-23-16-14-12-10-8-6-4-2/h8,10,14,16,41,45H,3-7,9,11-13,15,17-40H2,1-2H3,(H,44,46)(H,48,49)/b10-8-,16-14-. The molecule has 0 spiro atoms. The first-order chi connectivity index (χ1) is 25.8. The molecule has 2 atom stereocenters. The molecule has 0 aromatic heterocycles. The maximum Gasteiger partial charge on any atom is 0.472 e. The number of amides is 1. The van der Waals surface area contributed by atoms with Crippen LogP contribution < -0.4 is 5.32 Å². The molecular formula is C43H82NO8P. The van der Waals surface area contributed by atoms with Crippen molar-refractivity contribution < 1.29 is 37.9 Å². The number of nitrogens with one attached hydrogen (secondary N) is 1. The fraction of sp³-hybridized carbons (Fsp3) is 0.860. The van der Waals surface area contributed by atoms with Crippen molar-refractivity contribution in [2.24, 2.45) is 0 Å². The molecule has 0 saturated carbocycles. The van der Waals surface area contributed by atoms with E-state index in [9.17, 15) is 24.2 Å². The van der Waals surface area contributed by atoms with Gasteiger partial charge in [0, 0.05) is 19.4 Å². The number of aliphatic hydroxyl groups is 1. The number of rotatable bonds is 41. The Bertz CT molecular complexity index is 928. The van der Waals surface area contributed by atoms with Gasteiger partial charge in [-0.3, -0.25) is 18.6 Å². The lowest BCUT2D eigenvalue weighted by atomic mass is 10.0. The summed E-state index contributed by atoms with van der Waals surface area (Å²) in [6.45, 7) is 3.49. The number of esters is 1. The first-order valence-corrected chi connectivity index (χ1v) is 23.3. The lowest BCUT2D eigenvalue weighted by Gasteiger charge is -2.15. The fourth-order valence-electron chi connectivity index (χ4n) is 6.07. The number of unbranched alkanes of at least 4 members (excludes halogenated alkanes) is 24. The third kappa shape index (κ3) is 41.5. The predicted octanol–water partition coefficient (Wildman–Crippen LogP) is 12.0. The number of hydrogen-bond acceptors (Lipinski definition) is 7. The molecule has 0 aromatic carbocycles. The molecule has 0 heterocycles. The Kier molecular flexibility index (Phi) is 39.0. The van der Waals surface area contributed by atoms with Gasteiger partial charge in [-0.25, -0.2) is 4.57 Å². The minimum Gasteiger partial charge on any atom is -0.463 e. The zero-order valence-electron chi connectivity index (χ0n) is 34.2. The molecule has 0 aliphatic heterocycles. The van der Waals surface area contributed by atoms with Crippen LogP contribution in [0.3, 0.4) is 0 Å². The summed E-state index contributed by atoms with van der Waals surface area (Å²) in [6.07, 6.45) is 42.5. The van der Waals surface area contributed by atoms with Crippen LogP contribution in [0.5, 0.6) is 0 Å². The molecule has 2 unspecified atom stereocenters. The fourth-order valence-corrected chi connectivity index (χ4v) is 6.82. The van der Waals surface area contributed by atoms with Crippen LogP contribution in [0, 0.1) is 0 Å². The molecule has 0 saturated heterocycles. The largest absolute Gasteiger partial charge is 0.472 e. The highest BCUT2D eigenvalue weighted by atomic mass is 31.2. The van der Waals surface area contributed by atoms with Crippen molar-refractivity contribution in [1.29, 1.82) is 0 Å². The van der Waals surface area contributed by atoms with Crippen LogP contribution in [0.25, 0.3) is 0 Å². The van der Waals surface area contributed by atoms with Gasteiger partial charge in [-0.2, -0.15) is 0 Å². The Morgan fingerprint density at radius 2 is 1.06 bits per heavy atom. The number of hydrogen-bond donors (Lipinski definition) is 3. The summed E-state index contributed by atoms with van der Waals surface area (Å²) >= 11 is 0. The second-order valence-corrected chi connectivity index (χ2v) is 16.1. The van der Waals surface area contributed by atoms with Crippen LogP contribution in [0.2, 0.25) is 0 Å². The number of phosphoric ester groups is 1. The van der Waals surface area contributed by atoms with Crippen molar-refractivity contribution in [3.05, 3.63) is 24.3 Å². The first kappa shape index (κ1) is 51.5. The summed E-state index contributed by atoms with van der Waals surface area (Å²) in [5, 5.41) is 12.7. The van der Waals surface area contributed by atoms with Crippen LogP contribution >= 0.6 is 7.82 Å². The van der Waals surface area contributed by atoms with Crippen molar-refractivity contribution in [2.75, 3.05) is 26.4 Å². The van der Waals surface area contributed by atoms with E-state index in [1.165, 1.54) is 109 Å². The van der Waals surface area contributed by atoms with Gasteiger partial charge in [0.1, 0.15) is 12.7 Å². The summed E-state index contributed by atoms with van der Waals surface area (Å²) in [5.41, 5.74) is 0. The van der Waals surface area contributed by atoms with Crippen LogP contribution in [-0.2, 0) is 27.9 Å². The monoisotopic (exact) mass is 772 g/mol. The maximum absolute atomic E-state index is 12.1. The smallest absolute Gasteiger partial charge is 0.463 e. The molecule has 0 aliphatic carbocycles. The van der Waals surface area contributed by atoms with E-state index in [2.05, 4.69) is 43.5 Å². The number of ether oxygens (including phenoxy) is 1. The summed E-state index contributed by atoms with van der Waals surface area (Å²) in [5.74, 6) is -0.525. The van der Waals surface area contributed by atoms with E-state index in [0.29, 0.717) is 6.42 Å². The highest BCUT2D eigenvalue weighted by Crippen LogP contribution is 2.42. The predicted molar refractivity (Wildman–Crippen MR) is 220 cm³/mol. The lowest BCUT2D eigenvalue weighted by Crippen LogP contribution is -2.27.